The van der Waals surface area contributed by atoms with E-state index in [0.717, 1.165) is 42.1 Å². The highest BCUT2D eigenvalue weighted by atomic mass is 35.5. The molecule has 3 amide bonds. The number of nitrogens with zero attached hydrogens (tertiary/aromatic N) is 2. The van der Waals surface area contributed by atoms with E-state index in [0.29, 0.717) is 11.1 Å². The number of halogens is 1. The highest BCUT2D eigenvalue weighted by molar-refractivity contribution is 6.40. The van der Waals surface area contributed by atoms with Crippen LogP contribution < -0.4 is 16.1 Å². The van der Waals surface area contributed by atoms with E-state index in [1.807, 2.05) is 25.1 Å². The van der Waals surface area contributed by atoms with Crippen molar-refractivity contribution in [2.75, 3.05) is 5.32 Å². The maximum absolute atomic E-state index is 12.8. The SMILES string of the molecule is Cc1ccc2cc(/C=N/NC(=O)C(=O)Nc3ccccc3C(=O)NC3CCCCC3)c(Cl)nc2c1. The Bertz CT molecular complexity index is 1300. The lowest BCUT2D eigenvalue weighted by Crippen LogP contribution is -2.37. The van der Waals surface area contributed by atoms with E-state index < -0.39 is 11.8 Å². The predicted octanol–water partition coefficient (Wildman–Crippen LogP) is 4.35. The van der Waals surface area contributed by atoms with Gasteiger partial charge in [0.05, 0.1) is 23.0 Å². The molecule has 180 valence electrons. The van der Waals surface area contributed by atoms with Crippen molar-refractivity contribution in [1.82, 2.24) is 15.7 Å². The van der Waals surface area contributed by atoms with Crippen LogP contribution in [0.4, 0.5) is 5.69 Å². The van der Waals surface area contributed by atoms with Crippen molar-refractivity contribution in [3.63, 3.8) is 0 Å². The number of anilines is 1. The molecule has 3 aromatic rings. The fourth-order valence-corrected chi connectivity index (χ4v) is 4.25. The third-order valence-electron chi connectivity index (χ3n) is 5.89. The van der Waals surface area contributed by atoms with Crippen LogP contribution in [0.2, 0.25) is 5.15 Å². The number of amides is 3. The van der Waals surface area contributed by atoms with Gasteiger partial charge in [0.1, 0.15) is 5.15 Å². The van der Waals surface area contributed by atoms with Gasteiger partial charge in [-0.3, -0.25) is 14.4 Å². The van der Waals surface area contributed by atoms with Crippen LogP contribution in [0.15, 0.2) is 53.6 Å². The standard InChI is InChI=1S/C26H26ClN5O3/c1-16-11-12-17-14-18(23(27)30-22(17)13-16)15-28-32-26(35)25(34)31-21-10-6-5-9-20(21)24(33)29-19-7-3-2-4-8-19/h5-6,9-15,19H,2-4,7-8H2,1H3,(H,29,33)(H,31,34)(H,32,35)/b28-15+. The number of hydrogen-bond acceptors (Lipinski definition) is 5. The largest absolute Gasteiger partial charge is 0.349 e. The van der Waals surface area contributed by atoms with Crippen molar-refractivity contribution < 1.29 is 14.4 Å². The number of carbonyl (C=O) groups is 3. The highest BCUT2D eigenvalue weighted by Gasteiger charge is 2.21. The molecule has 2 aromatic carbocycles. The summed E-state index contributed by atoms with van der Waals surface area (Å²) in [6, 6.07) is 14.3. The predicted molar refractivity (Wildman–Crippen MR) is 137 cm³/mol. The molecule has 1 aliphatic rings. The first-order valence-electron chi connectivity index (χ1n) is 11.5. The number of fused-ring (bicyclic) bond motifs is 1. The third kappa shape index (κ3) is 6.22. The Morgan fingerprint density at radius 3 is 2.60 bits per heavy atom. The van der Waals surface area contributed by atoms with Crippen molar-refractivity contribution in [3.05, 3.63) is 70.4 Å². The smallest absolute Gasteiger partial charge is 0.329 e. The highest BCUT2D eigenvalue weighted by Crippen LogP contribution is 2.21. The molecule has 9 heteroatoms. The zero-order valence-corrected chi connectivity index (χ0v) is 20.1. The minimum atomic E-state index is -0.982. The second-order valence-corrected chi connectivity index (χ2v) is 8.93. The molecule has 3 N–H and O–H groups in total. The summed E-state index contributed by atoms with van der Waals surface area (Å²) in [4.78, 5) is 41.8. The number of aromatic nitrogens is 1. The topological polar surface area (TPSA) is 113 Å². The minimum Gasteiger partial charge on any atom is -0.349 e. The molecule has 0 bridgehead atoms. The molecule has 1 heterocycles. The van der Waals surface area contributed by atoms with Crippen LogP contribution in [0.1, 0.15) is 53.6 Å². The lowest BCUT2D eigenvalue weighted by atomic mass is 9.95. The van der Waals surface area contributed by atoms with Gasteiger partial charge in [0.2, 0.25) is 0 Å². The molecule has 35 heavy (non-hydrogen) atoms. The van der Waals surface area contributed by atoms with E-state index >= 15 is 0 Å². The number of carbonyl (C=O) groups excluding carboxylic acids is 3. The number of benzene rings is 2. The fraction of sp³-hybridized carbons (Fsp3) is 0.269. The Balaban J connectivity index is 1.38. The van der Waals surface area contributed by atoms with Crippen LogP contribution in [0.25, 0.3) is 10.9 Å². The van der Waals surface area contributed by atoms with Gasteiger partial charge in [0.25, 0.3) is 5.91 Å². The summed E-state index contributed by atoms with van der Waals surface area (Å²) >= 11 is 6.23. The Morgan fingerprint density at radius 1 is 1.03 bits per heavy atom. The summed E-state index contributed by atoms with van der Waals surface area (Å²) in [5.74, 6) is -2.21. The molecular formula is C26H26ClN5O3. The van der Waals surface area contributed by atoms with Crippen molar-refractivity contribution in [3.8, 4) is 0 Å². The molecular weight excluding hydrogens is 466 g/mol. The average Bonchev–Trinajstić information content (AvgIpc) is 2.85. The van der Waals surface area contributed by atoms with Crippen molar-refractivity contribution in [2.24, 2.45) is 5.10 Å². The lowest BCUT2D eigenvalue weighted by Gasteiger charge is -2.23. The number of pyridine rings is 1. The minimum absolute atomic E-state index is 0.123. The summed E-state index contributed by atoms with van der Waals surface area (Å²) in [7, 11) is 0. The van der Waals surface area contributed by atoms with Crippen LogP contribution in [0, 0.1) is 6.92 Å². The Labute approximate surface area is 208 Å². The first-order valence-corrected chi connectivity index (χ1v) is 11.9. The number of hydrogen-bond donors (Lipinski definition) is 3. The van der Waals surface area contributed by atoms with Gasteiger partial charge in [-0.2, -0.15) is 5.10 Å². The van der Waals surface area contributed by atoms with Gasteiger partial charge in [0.15, 0.2) is 0 Å². The second-order valence-electron chi connectivity index (χ2n) is 8.57. The summed E-state index contributed by atoms with van der Waals surface area (Å²) in [6.45, 7) is 1.96. The van der Waals surface area contributed by atoms with Crippen molar-refractivity contribution in [1.29, 1.82) is 0 Å². The second kappa shape index (κ2) is 11.1. The summed E-state index contributed by atoms with van der Waals surface area (Å²) in [5.41, 5.74) is 5.04. The zero-order valence-electron chi connectivity index (χ0n) is 19.3. The average molecular weight is 492 g/mol. The molecule has 8 nitrogen and oxygen atoms in total. The van der Waals surface area contributed by atoms with E-state index in [4.69, 9.17) is 11.6 Å². The van der Waals surface area contributed by atoms with E-state index in [9.17, 15) is 14.4 Å². The molecule has 0 spiro atoms. The van der Waals surface area contributed by atoms with E-state index in [1.165, 1.54) is 12.6 Å². The number of para-hydroxylation sites is 1. The molecule has 0 saturated heterocycles. The lowest BCUT2D eigenvalue weighted by molar-refractivity contribution is -0.136. The van der Waals surface area contributed by atoms with Gasteiger partial charge >= 0.3 is 11.8 Å². The van der Waals surface area contributed by atoms with Crippen LogP contribution in [-0.2, 0) is 9.59 Å². The van der Waals surface area contributed by atoms with Gasteiger partial charge in [-0.1, -0.05) is 55.1 Å². The first-order chi connectivity index (χ1) is 16.9. The van der Waals surface area contributed by atoms with E-state index in [-0.39, 0.29) is 22.8 Å². The Morgan fingerprint density at radius 2 is 1.80 bits per heavy atom. The van der Waals surface area contributed by atoms with Crippen molar-refractivity contribution >= 4 is 52.1 Å². The van der Waals surface area contributed by atoms with E-state index in [1.54, 1.807) is 30.3 Å². The maximum atomic E-state index is 12.8. The summed E-state index contributed by atoms with van der Waals surface area (Å²) in [6.07, 6.45) is 6.56. The van der Waals surface area contributed by atoms with Crippen molar-refractivity contribution in [2.45, 2.75) is 45.1 Å². The van der Waals surface area contributed by atoms with Gasteiger partial charge in [-0.05, 0) is 49.6 Å². The molecule has 1 aliphatic carbocycles. The zero-order chi connectivity index (χ0) is 24.8. The Hall–Kier alpha value is -3.78. The molecule has 0 unspecified atom stereocenters. The van der Waals surface area contributed by atoms with Crippen LogP contribution >= 0.6 is 11.6 Å². The molecule has 0 radical (unpaired) electrons. The number of nitrogens with one attached hydrogen (secondary N) is 3. The number of rotatable bonds is 5. The first kappa shape index (κ1) is 24.3. The monoisotopic (exact) mass is 491 g/mol. The summed E-state index contributed by atoms with van der Waals surface area (Å²) < 4.78 is 0. The molecule has 0 atom stereocenters. The maximum Gasteiger partial charge on any atom is 0.329 e. The fourth-order valence-electron chi connectivity index (χ4n) is 4.05. The normalized spacial score (nSPS) is 14.1. The van der Waals surface area contributed by atoms with Gasteiger partial charge in [-0.25, -0.2) is 10.4 Å². The van der Waals surface area contributed by atoms with Crippen LogP contribution in [-0.4, -0.2) is 35.0 Å². The molecule has 1 aromatic heterocycles. The van der Waals surface area contributed by atoms with Gasteiger partial charge in [-0.15, -0.1) is 0 Å². The Kier molecular flexibility index (Phi) is 7.72. The van der Waals surface area contributed by atoms with E-state index in [2.05, 4.69) is 26.1 Å². The number of aryl methyl sites for hydroxylation is 1. The van der Waals surface area contributed by atoms with Crippen LogP contribution in [0.5, 0.6) is 0 Å². The molecule has 0 aliphatic heterocycles. The third-order valence-corrected chi connectivity index (χ3v) is 6.19. The quantitative estimate of drug-likeness (QED) is 0.213. The summed E-state index contributed by atoms with van der Waals surface area (Å²) in [5, 5.41) is 10.4. The van der Waals surface area contributed by atoms with Gasteiger partial charge < -0.3 is 10.6 Å². The molecule has 1 fully saturated rings. The van der Waals surface area contributed by atoms with Crippen LogP contribution in [0.3, 0.4) is 0 Å². The number of hydrazone groups is 1. The van der Waals surface area contributed by atoms with Gasteiger partial charge in [0, 0.05) is 17.0 Å². The molecule has 4 rings (SSSR count). The molecule has 1 saturated carbocycles.